The zero-order valence-corrected chi connectivity index (χ0v) is 84.7. The van der Waals surface area contributed by atoms with Crippen molar-refractivity contribution in [1.29, 1.82) is 0 Å². The third-order valence-corrected chi connectivity index (χ3v) is 31.0. The van der Waals surface area contributed by atoms with Crippen molar-refractivity contribution in [3.05, 3.63) is 251 Å². The number of fused-ring (bicyclic) bond motifs is 8. The van der Waals surface area contributed by atoms with E-state index in [1.165, 1.54) is 143 Å². The zero-order chi connectivity index (χ0) is 102. The maximum absolute atomic E-state index is 14.2. The Hall–Kier alpha value is -12.1. The van der Waals surface area contributed by atoms with E-state index < -0.39 is 29.4 Å². The van der Waals surface area contributed by atoms with Crippen molar-refractivity contribution in [2.24, 2.45) is 41.4 Å². The average molecular weight is 1970 g/mol. The van der Waals surface area contributed by atoms with Gasteiger partial charge in [-0.25, -0.2) is 9.59 Å². The lowest BCUT2D eigenvalue weighted by atomic mass is 9.78. The van der Waals surface area contributed by atoms with Gasteiger partial charge in [-0.15, -0.1) is 0 Å². The molecule has 8 aliphatic rings. The van der Waals surface area contributed by atoms with Gasteiger partial charge in [0.25, 0.3) is 0 Å². The smallest absolute Gasteiger partial charge is 0.418 e. The molecule has 0 amide bonds. The quantitative estimate of drug-likeness (QED) is 0.0172. The minimum Gasteiger partial charge on any atom is -0.481 e. The number of anilines is 6. The van der Waals surface area contributed by atoms with Gasteiger partial charge in [-0.1, -0.05) is 145 Å². The van der Waals surface area contributed by atoms with Gasteiger partial charge < -0.3 is 52.0 Å². The molecule has 2 bridgehead atoms. The molecule has 0 aromatic heterocycles. The van der Waals surface area contributed by atoms with Crippen molar-refractivity contribution >= 4 is 135 Å². The average Bonchev–Trinajstić information content (AvgIpc) is 0.595. The van der Waals surface area contributed by atoms with Crippen LogP contribution in [0.2, 0.25) is 0 Å². The molecule has 2 atom stereocenters. The summed E-state index contributed by atoms with van der Waals surface area (Å²) in [6, 6.07) is 66.5. The molecule has 2 unspecified atom stereocenters. The Kier molecular flexibility index (Phi) is 37.9. The number of nitrogen functional groups attached to an aromatic ring is 1. The predicted molar refractivity (Wildman–Crippen MR) is 573 cm³/mol. The standard InChI is InChI=1S/C28H35F3N2O2.C19H20F3NO.C19H23NO2.C18H23NO.C18H21NO.C12H11NO2.C7H12O/c1-17-5-9-21(10-6-17)32-25-12-8-19-13-18(7-11-24(19)26(25)28(29,30)31)16-33-22-3-2-4-23(33)15-20(14-22)27(34)35;1-12-2-6-15(7-3-12)23-17-9-5-14-10-13(11-24)4-8-16(14)18(17)19(20,21)22;1-13-3-8-17(9-4-13)20-18-10-7-14-11-16(19(21)22-2)6-5-15(14)12-18;2*1-13-2-7-17(8-3-13)19-18-9-6-15-10-14(12-20)4-5-16(15)11-18;1-15-12(14)10-3-2-9-7-11(13)5-4-8(9)6-10;1-6-2-4-7(8)5-3-6/h7-8,11-13,17,20-23,32H,2-6,9-10,14-16H2,1H3,(H,34,35);4-5,8-12,15,23H,2-3,6-7H2,1H3;5-7,10-13,17,20H,3-4,8-9H2,1-2H3;4-6,9-11,13,17,19-20H,2-3,7-8,12H2,1H3;4-6,9-13,17,19H,2-3,7-8H2,1H3;2-7H,13H2,1H3;6H,2-5H2,1H3. The van der Waals surface area contributed by atoms with E-state index >= 15 is 0 Å². The normalized spacial score (nSPS) is 22.9. The number of esters is 2. The SMILES string of the molecule is CC1CCC(=O)CC1.CC1CCC(Nc2ccc3cc(C=O)ccc3c2)CC1.CC1CCC(Nc2ccc3cc(C=O)ccc3c2C(F)(F)F)CC1.CC1CCC(Nc2ccc3cc(CN4C5CCCC4CC(C(=O)O)C5)ccc3c2C(F)(F)F)CC1.CC1CCC(Nc2ccc3cc(CO)ccc3c2)CC1.COC(=O)c1ccc2cc(N)ccc2c1.COC(=O)c1ccc2cc(NC3CCC(C)CC3)ccc2c1. The third kappa shape index (κ3) is 30.1. The molecule has 766 valence electrons. The second-order valence-electron chi connectivity index (χ2n) is 42.3. The number of nitrogens with one attached hydrogen (secondary N) is 5. The number of carboxylic acid groups (broad SMARTS) is 1. The summed E-state index contributed by atoms with van der Waals surface area (Å²) in [5, 5.41) is 46.3. The number of carbonyl (C=O) groups is 6. The lowest BCUT2D eigenvalue weighted by molar-refractivity contribution is -0.146. The summed E-state index contributed by atoms with van der Waals surface area (Å²) in [5.74, 6) is 3.57. The molecule has 2 heterocycles. The summed E-state index contributed by atoms with van der Waals surface area (Å²) in [6.45, 7) is 14.4. The number of rotatable bonds is 18. The number of nitrogens with zero attached hydrogens (tertiary/aromatic N) is 1. The van der Waals surface area contributed by atoms with Crippen LogP contribution >= 0.6 is 0 Å². The van der Waals surface area contributed by atoms with Crippen LogP contribution in [-0.4, -0.2) is 108 Å². The van der Waals surface area contributed by atoms with Gasteiger partial charge in [-0.3, -0.25) is 24.1 Å². The molecule has 12 aromatic rings. The first-order chi connectivity index (χ1) is 69.2. The van der Waals surface area contributed by atoms with Crippen molar-refractivity contribution in [2.45, 2.75) is 296 Å². The summed E-state index contributed by atoms with van der Waals surface area (Å²) in [5.41, 5.74) is 13.3. The summed E-state index contributed by atoms with van der Waals surface area (Å²) >= 11 is 0. The lowest BCUT2D eigenvalue weighted by Crippen LogP contribution is -2.52. The number of aliphatic hydroxyl groups is 1. The minimum absolute atomic E-state index is 0.0778. The van der Waals surface area contributed by atoms with E-state index in [0.717, 1.165) is 176 Å². The number of aliphatic hydroxyl groups excluding tert-OH is 1. The molecule has 6 aliphatic carbocycles. The fourth-order valence-electron chi connectivity index (χ4n) is 22.2. The highest BCUT2D eigenvalue weighted by Gasteiger charge is 2.42. The molecular weight excluding hydrogens is 1830 g/mol. The largest absolute Gasteiger partial charge is 0.481 e. The summed E-state index contributed by atoms with van der Waals surface area (Å²) < 4.78 is 93.1. The number of piperidine rings is 2. The van der Waals surface area contributed by atoms with Crippen LogP contribution in [0.3, 0.4) is 0 Å². The zero-order valence-electron chi connectivity index (χ0n) is 84.7. The molecule has 2 aliphatic heterocycles. The van der Waals surface area contributed by atoms with E-state index in [9.17, 15) is 65.3 Å². The summed E-state index contributed by atoms with van der Waals surface area (Å²) in [6.07, 6.45) is 24.3. The molecule has 17 nitrogen and oxygen atoms in total. The van der Waals surface area contributed by atoms with E-state index in [0.29, 0.717) is 94.6 Å². The fraction of sp³-hybridized carbons (Fsp3) is 0.455. The van der Waals surface area contributed by atoms with E-state index in [4.69, 9.17) is 10.5 Å². The Morgan fingerprint density at radius 1 is 0.375 bits per heavy atom. The summed E-state index contributed by atoms with van der Waals surface area (Å²) in [7, 11) is 2.78. The van der Waals surface area contributed by atoms with Crippen LogP contribution in [-0.2, 0) is 44.6 Å². The Labute approximate surface area is 844 Å². The highest BCUT2D eigenvalue weighted by molar-refractivity contribution is 5.99. The van der Waals surface area contributed by atoms with Crippen LogP contribution in [0.5, 0.6) is 0 Å². The molecule has 2 saturated heterocycles. The van der Waals surface area contributed by atoms with Gasteiger partial charge in [0.05, 0.1) is 49.0 Å². The van der Waals surface area contributed by atoms with Crippen molar-refractivity contribution in [3.63, 3.8) is 0 Å². The van der Waals surface area contributed by atoms with Gasteiger partial charge in [0.2, 0.25) is 0 Å². The molecule has 6 saturated carbocycles. The molecule has 0 radical (unpaired) electrons. The molecule has 20 rings (SSSR count). The minimum atomic E-state index is -4.45. The van der Waals surface area contributed by atoms with Gasteiger partial charge in [0.1, 0.15) is 18.4 Å². The Balaban J connectivity index is 0.000000137. The summed E-state index contributed by atoms with van der Waals surface area (Å²) in [4.78, 5) is 69.1. The fourth-order valence-corrected chi connectivity index (χ4v) is 22.2. The van der Waals surface area contributed by atoms with E-state index in [1.807, 2.05) is 78.9 Å². The number of methoxy groups -OCH3 is 2. The van der Waals surface area contributed by atoms with Gasteiger partial charge in [-0.05, 0) is 387 Å². The number of aliphatic carboxylic acids is 1. The Morgan fingerprint density at radius 3 is 1.09 bits per heavy atom. The number of nitrogens with two attached hydrogens (primary N) is 1. The molecular formula is C121H145F6N7O10. The van der Waals surface area contributed by atoms with E-state index in [-0.39, 0.29) is 70.8 Å². The highest BCUT2D eigenvalue weighted by atomic mass is 19.4. The molecule has 144 heavy (non-hydrogen) atoms. The third-order valence-electron chi connectivity index (χ3n) is 31.0. The van der Waals surface area contributed by atoms with Crippen molar-refractivity contribution < 1.29 is 74.8 Å². The number of alkyl halides is 6. The first kappa shape index (κ1) is 108. The van der Waals surface area contributed by atoms with Gasteiger partial charge in [0, 0.05) is 107 Å². The van der Waals surface area contributed by atoms with Gasteiger partial charge >= 0.3 is 30.3 Å². The number of benzene rings is 12. The number of ether oxygens (including phenoxy) is 2. The van der Waals surface area contributed by atoms with Crippen molar-refractivity contribution in [3.8, 4) is 0 Å². The number of carboxylic acids is 1. The molecule has 8 fully saturated rings. The second kappa shape index (κ2) is 50.6. The second-order valence-corrected chi connectivity index (χ2v) is 42.3. The van der Waals surface area contributed by atoms with Gasteiger partial charge in [-0.2, -0.15) is 26.3 Å². The van der Waals surface area contributed by atoms with Crippen LogP contribution in [0.4, 0.5) is 60.5 Å². The first-order valence-corrected chi connectivity index (χ1v) is 52.4. The maximum Gasteiger partial charge on any atom is 0.418 e. The first-order valence-electron chi connectivity index (χ1n) is 52.4. The molecule has 23 heteroatoms. The Bertz CT molecular complexity index is 6340. The van der Waals surface area contributed by atoms with E-state index in [1.54, 1.807) is 36.4 Å². The topological polar surface area (TPSA) is 251 Å². The Morgan fingerprint density at radius 2 is 0.694 bits per heavy atom. The monoisotopic (exact) mass is 1970 g/mol. The van der Waals surface area contributed by atoms with Gasteiger partial charge in [0.15, 0.2) is 0 Å². The van der Waals surface area contributed by atoms with Crippen LogP contribution in [0.1, 0.15) is 291 Å². The number of hydrogen-bond donors (Lipinski definition) is 8. The number of carbonyl (C=O) groups excluding carboxylic acids is 5. The molecule has 0 spiro atoms. The number of aldehydes is 2. The van der Waals surface area contributed by atoms with E-state index in [2.05, 4.69) is 144 Å². The number of hydrogen-bond acceptors (Lipinski definition) is 16. The van der Waals surface area contributed by atoms with Crippen molar-refractivity contribution in [1.82, 2.24) is 4.90 Å². The van der Waals surface area contributed by atoms with Crippen molar-refractivity contribution in [2.75, 3.05) is 46.5 Å². The number of Topliss-reactive ketones (excluding diaryl/α,β-unsaturated/α-hetero) is 1. The maximum atomic E-state index is 14.2. The highest BCUT2D eigenvalue weighted by Crippen LogP contribution is 2.46. The van der Waals surface area contributed by atoms with Crippen LogP contribution in [0, 0.1) is 41.4 Å². The number of ketones is 1. The predicted octanol–water partition coefficient (Wildman–Crippen LogP) is 30.3. The molecule has 9 N–H and O–H groups in total. The number of halogens is 6. The van der Waals surface area contributed by atoms with Crippen LogP contribution in [0.25, 0.3) is 64.6 Å². The molecule has 12 aromatic carbocycles. The van der Waals surface area contributed by atoms with Crippen LogP contribution in [0.15, 0.2) is 206 Å². The lowest BCUT2D eigenvalue weighted by Gasteiger charge is -2.48. The van der Waals surface area contributed by atoms with Crippen LogP contribution < -0.4 is 32.3 Å².